The van der Waals surface area contributed by atoms with Crippen LogP contribution in [0.15, 0.2) is 54.6 Å². The van der Waals surface area contributed by atoms with E-state index in [1.807, 2.05) is 24.3 Å². The molecule has 2 aromatic rings. The largest absolute Gasteiger partial charge is 0.355 e. The van der Waals surface area contributed by atoms with E-state index in [2.05, 4.69) is 10.6 Å². The summed E-state index contributed by atoms with van der Waals surface area (Å²) in [6.07, 6.45) is 0.769. The van der Waals surface area contributed by atoms with Gasteiger partial charge in [0.15, 0.2) is 0 Å². The number of carbonyl (C=O) groups excluding carboxylic acids is 2. The summed E-state index contributed by atoms with van der Waals surface area (Å²) in [7, 11) is -3.50. The molecule has 0 aromatic heterocycles. The Morgan fingerprint density at radius 2 is 1.76 bits per heavy atom. The van der Waals surface area contributed by atoms with E-state index in [1.165, 1.54) is 4.31 Å². The average Bonchev–Trinajstić information content (AvgIpc) is 3.13. The Hall–Kier alpha value is -2.87. The number of para-hydroxylation sites is 1. The van der Waals surface area contributed by atoms with Crippen molar-refractivity contribution in [3.8, 4) is 0 Å². The summed E-state index contributed by atoms with van der Waals surface area (Å²) < 4.78 is 26.7. The monoisotopic (exact) mass is 415 g/mol. The maximum atomic E-state index is 12.6. The van der Waals surface area contributed by atoms with Crippen LogP contribution in [0.25, 0.3) is 0 Å². The number of sulfonamides is 1. The normalized spacial score (nSPS) is 14.2. The first-order valence-electron chi connectivity index (χ1n) is 9.58. The van der Waals surface area contributed by atoms with Gasteiger partial charge < -0.3 is 10.6 Å². The van der Waals surface area contributed by atoms with E-state index in [9.17, 15) is 18.0 Å². The van der Waals surface area contributed by atoms with Crippen LogP contribution >= 0.6 is 0 Å². The number of benzene rings is 2. The zero-order chi connectivity index (χ0) is 20.9. The molecular formula is C21H25N3O4S. The van der Waals surface area contributed by atoms with Gasteiger partial charge in [0.2, 0.25) is 15.9 Å². The Kier molecular flexibility index (Phi) is 6.53. The lowest BCUT2D eigenvalue weighted by Gasteiger charge is -2.20. The maximum Gasteiger partial charge on any atom is 0.251 e. The smallest absolute Gasteiger partial charge is 0.251 e. The molecule has 1 aliphatic rings. The molecule has 1 unspecified atom stereocenters. The Labute approximate surface area is 171 Å². The highest BCUT2D eigenvalue weighted by atomic mass is 32.2. The molecule has 0 spiro atoms. The van der Waals surface area contributed by atoms with Crippen molar-refractivity contribution in [3.63, 3.8) is 0 Å². The van der Waals surface area contributed by atoms with Gasteiger partial charge in [0.25, 0.3) is 5.91 Å². The minimum atomic E-state index is -3.50. The fraction of sp³-hybridized carbons (Fsp3) is 0.333. The summed E-state index contributed by atoms with van der Waals surface area (Å²) in [4.78, 5) is 24.2. The van der Waals surface area contributed by atoms with Crippen LogP contribution in [-0.4, -0.2) is 45.1 Å². The molecule has 29 heavy (non-hydrogen) atoms. The van der Waals surface area contributed by atoms with Crippen molar-refractivity contribution >= 4 is 27.5 Å². The number of hydrogen-bond donors (Lipinski definition) is 2. The van der Waals surface area contributed by atoms with E-state index in [-0.39, 0.29) is 36.6 Å². The number of anilines is 1. The third-order valence-corrected chi connectivity index (χ3v) is 6.54. The molecule has 0 aliphatic carbocycles. The first kappa shape index (κ1) is 20.9. The van der Waals surface area contributed by atoms with Gasteiger partial charge in [0, 0.05) is 31.1 Å². The zero-order valence-corrected chi connectivity index (χ0v) is 17.1. The number of nitrogens with zero attached hydrogens (tertiary/aromatic N) is 1. The number of hydrogen-bond acceptors (Lipinski definition) is 4. The van der Waals surface area contributed by atoms with Crippen molar-refractivity contribution in [3.05, 3.63) is 65.7 Å². The van der Waals surface area contributed by atoms with Gasteiger partial charge in [-0.05, 0) is 37.1 Å². The quantitative estimate of drug-likeness (QED) is 0.686. The van der Waals surface area contributed by atoms with Crippen LogP contribution in [0.1, 0.15) is 29.3 Å². The third kappa shape index (κ3) is 5.35. The minimum absolute atomic E-state index is 0.0270. The molecule has 2 N–H and O–H groups in total. The van der Waals surface area contributed by atoms with E-state index in [1.54, 1.807) is 37.3 Å². The summed E-state index contributed by atoms with van der Waals surface area (Å²) in [6, 6.07) is 15.8. The van der Waals surface area contributed by atoms with Crippen LogP contribution in [-0.2, 0) is 21.2 Å². The topological polar surface area (TPSA) is 95.6 Å². The summed E-state index contributed by atoms with van der Waals surface area (Å²) in [5, 5.41) is 5.40. The lowest BCUT2D eigenvalue weighted by molar-refractivity contribution is -0.121. The summed E-state index contributed by atoms with van der Waals surface area (Å²) in [5.41, 5.74) is 2.26. The summed E-state index contributed by atoms with van der Waals surface area (Å²) in [5.74, 6) is -0.721. The third-order valence-electron chi connectivity index (χ3n) is 4.77. The van der Waals surface area contributed by atoms with E-state index in [0.29, 0.717) is 18.5 Å². The standard InChI is InChI=1S/C21H25N3O4S/c1-16(23-21(26)18-8-3-2-4-9-18)15-20(25)22-12-14-29(27,28)24-13-11-17-7-5-6-10-19(17)24/h2-10,16H,11-15H2,1H3,(H,22,25)(H,23,26). The highest BCUT2D eigenvalue weighted by Crippen LogP contribution is 2.29. The molecule has 3 rings (SSSR count). The molecule has 1 heterocycles. The molecule has 0 radical (unpaired) electrons. The number of carbonyl (C=O) groups is 2. The van der Waals surface area contributed by atoms with Crippen molar-refractivity contribution in [2.24, 2.45) is 0 Å². The number of rotatable bonds is 8. The second kappa shape index (κ2) is 9.09. The molecule has 1 atom stereocenters. The van der Waals surface area contributed by atoms with Gasteiger partial charge in [-0.15, -0.1) is 0 Å². The lowest BCUT2D eigenvalue weighted by atomic mass is 10.1. The molecule has 154 valence electrons. The Morgan fingerprint density at radius 1 is 1.07 bits per heavy atom. The molecular weight excluding hydrogens is 390 g/mol. The predicted molar refractivity (Wildman–Crippen MR) is 112 cm³/mol. The first-order chi connectivity index (χ1) is 13.9. The van der Waals surface area contributed by atoms with Crippen molar-refractivity contribution in [2.75, 3.05) is 23.1 Å². The van der Waals surface area contributed by atoms with Crippen molar-refractivity contribution < 1.29 is 18.0 Å². The summed E-state index contributed by atoms with van der Waals surface area (Å²) >= 11 is 0. The molecule has 0 saturated carbocycles. The van der Waals surface area contributed by atoms with Crippen LogP contribution in [0.4, 0.5) is 5.69 Å². The fourth-order valence-corrected chi connectivity index (χ4v) is 4.75. The van der Waals surface area contributed by atoms with Gasteiger partial charge in [0.05, 0.1) is 11.4 Å². The van der Waals surface area contributed by atoms with Crippen molar-refractivity contribution in [1.29, 1.82) is 0 Å². The second-order valence-electron chi connectivity index (χ2n) is 7.06. The van der Waals surface area contributed by atoms with Crippen molar-refractivity contribution in [2.45, 2.75) is 25.8 Å². The molecule has 0 bridgehead atoms. The van der Waals surface area contributed by atoms with E-state index >= 15 is 0 Å². The van der Waals surface area contributed by atoms with Crippen LogP contribution in [0.2, 0.25) is 0 Å². The second-order valence-corrected chi connectivity index (χ2v) is 9.07. The number of fused-ring (bicyclic) bond motifs is 1. The maximum absolute atomic E-state index is 12.6. The van der Waals surface area contributed by atoms with Gasteiger partial charge in [0.1, 0.15) is 0 Å². The first-order valence-corrected chi connectivity index (χ1v) is 11.2. The van der Waals surface area contributed by atoms with Gasteiger partial charge in [-0.2, -0.15) is 0 Å². The average molecular weight is 416 g/mol. The van der Waals surface area contributed by atoms with E-state index in [4.69, 9.17) is 0 Å². The van der Waals surface area contributed by atoms with Crippen LogP contribution in [0.5, 0.6) is 0 Å². The minimum Gasteiger partial charge on any atom is -0.355 e. The SMILES string of the molecule is CC(CC(=O)NCCS(=O)(=O)N1CCc2ccccc21)NC(=O)c1ccccc1. The van der Waals surface area contributed by atoms with E-state index < -0.39 is 10.0 Å². The molecule has 2 amide bonds. The summed E-state index contributed by atoms with van der Waals surface area (Å²) in [6.45, 7) is 2.19. The zero-order valence-electron chi connectivity index (χ0n) is 16.3. The lowest BCUT2D eigenvalue weighted by Crippen LogP contribution is -2.40. The Bertz CT molecular complexity index is 976. The molecule has 0 fully saturated rings. The van der Waals surface area contributed by atoms with Crippen LogP contribution < -0.4 is 14.9 Å². The number of amides is 2. The Morgan fingerprint density at radius 3 is 2.52 bits per heavy atom. The molecule has 8 heteroatoms. The van der Waals surface area contributed by atoms with Crippen molar-refractivity contribution in [1.82, 2.24) is 10.6 Å². The van der Waals surface area contributed by atoms with Gasteiger partial charge in [-0.3, -0.25) is 13.9 Å². The number of nitrogens with one attached hydrogen (secondary N) is 2. The molecule has 0 saturated heterocycles. The van der Waals surface area contributed by atoms with Gasteiger partial charge >= 0.3 is 0 Å². The highest BCUT2D eigenvalue weighted by molar-refractivity contribution is 7.92. The fourth-order valence-electron chi connectivity index (χ4n) is 3.32. The molecule has 7 nitrogen and oxygen atoms in total. The van der Waals surface area contributed by atoms with Gasteiger partial charge in [-0.25, -0.2) is 8.42 Å². The van der Waals surface area contributed by atoms with Crippen LogP contribution in [0.3, 0.4) is 0 Å². The highest BCUT2D eigenvalue weighted by Gasteiger charge is 2.28. The molecule has 2 aromatic carbocycles. The van der Waals surface area contributed by atoms with Crippen LogP contribution in [0, 0.1) is 0 Å². The van der Waals surface area contributed by atoms with E-state index in [0.717, 1.165) is 11.3 Å². The predicted octanol–water partition coefficient (Wildman–Crippen LogP) is 1.70. The Balaban J connectivity index is 1.44. The van der Waals surface area contributed by atoms with Gasteiger partial charge in [-0.1, -0.05) is 36.4 Å². The molecule has 1 aliphatic heterocycles.